The van der Waals surface area contributed by atoms with Crippen molar-refractivity contribution in [1.29, 1.82) is 0 Å². The van der Waals surface area contributed by atoms with E-state index in [4.69, 9.17) is 0 Å². The van der Waals surface area contributed by atoms with Crippen molar-refractivity contribution in [2.24, 2.45) is 5.41 Å². The highest BCUT2D eigenvalue weighted by Crippen LogP contribution is 2.41. The molecule has 2 N–H and O–H groups in total. The molecule has 7 heteroatoms. The summed E-state index contributed by atoms with van der Waals surface area (Å²) in [6, 6.07) is 12.7. The summed E-state index contributed by atoms with van der Waals surface area (Å²) in [5, 5.41) is 4.83. The number of anilines is 1. The summed E-state index contributed by atoms with van der Waals surface area (Å²) in [7, 11) is 0. The summed E-state index contributed by atoms with van der Waals surface area (Å²) in [4.78, 5) is 7.87. The molecule has 6 rings (SSSR count). The Morgan fingerprint density at radius 1 is 0.927 bits per heavy atom. The van der Waals surface area contributed by atoms with Gasteiger partial charge < -0.3 is 15.2 Å². The van der Waals surface area contributed by atoms with Crippen molar-refractivity contribution in [3.05, 3.63) is 65.4 Å². The van der Waals surface area contributed by atoms with Crippen LogP contribution in [0.5, 0.6) is 0 Å². The van der Waals surface area contributed by atoms with Crippen molar-refractivity contribution < 1.29 is 13.2 Å². The Labute approximate surface area is 243 Å². The Kier molecular flexibility index (Phi) is 9.34. The van der Waals surface area contributed by atoms with Crippen LogP contribution in [-0.2, 0) is 13.0 Å². The summed E-state index contributed by atoms with van der Waals surface area (Å²) >= 11 is 0. The van der Waals surface area contributed by atoms with Gasteiger partial charge in [0.25, 0.3) is 0 Å². The molecular formula is C34H47F3N4. The molecule has 1 aromatic heterocycles. The minimum absolute atomic E-state index is 0.390. The molecule has 0 amide bonds. The molecule has 4 nitrogen and oxygen atoms in total. The third-order valence-corrected chi connectivity index (χ3v) is 9.34. The van der Waals surface area contributed by atoms with Gasteiger partial charge in [-0.05, 0) is 114 Å². The van der Waals surface area contributed by atoms with E-state index < -0.39 is 17.3 Å². The zero-order valence-electron chi connectivity index (χ0n) is 25.0. The maximum absolute atomic E-state index is 13.9. The number of para-hydroxylation sites is 1. The van der Waals surface area contributed by atoms with Gasteiger partial charge >= 0.3 is 0 Å². The smallest absolute Gasteiger partial charge is 0.128 e. The zero-order valence-corrected chi connectivity index (χ0v) is 25.0. The molecule has 1 unspecified atom stereocenters. The van der Waals surface area contributed by atoms with Crippen LogP contribution in [0.1, 0.15) is 77.0 Å². The summed E-state index contributed by atoms with van der Waals surface area (Å²) in [5.41, 5.74) is 3.91. The second-order valence-electron chi connectivity index (χ2n) is 13.2. The molecule has 2 aromatic carbocycles. The van der Waals surface area contributed by atoms with Crippen LogP contribution in [-0.4, -0.2) is 54.3 Å². The van der Waals surface area contributed by atoms with Crippen LogP contribution in [0.2, 0.25) is 0 Å². The Balaban J connectivity index is 0.000000166. The van der Waals surface area contributed by atoms with Crippen molar-refractivity contribution in [2.45, 2.75) is 90.4 Å². The maximum atomic E-state index is 13.9. The number of benzene rings is 2. The van der Waals surface area contributed by atoms with Gasteiger partial charge in [-0.15, -0.1) is 0 Å². The van der Waals surface area contributed by atoms with Gasteiger partial charge in [0.05, 0.1) is 0 Å². The third-order valence-electron chi connectivity index (χ3n) is 9.34. The van der Waals surface area contributed by atoms with Gasteiger partial charge in [0, 0.05) is 60.6 Å². The first-order valence-electron chi connectivity index (χ1n) is 15.5. The Hall–Kier alpha value is -2.51. The van der Waals surface area contributed by atoms with E-state index in [9.17, 15) is 13.2 Å². The van der Waals surface area contributed by atoms with E-state index in [1.807, 2.05) is 0 Å². The fraction of sp³-hybridized carbons (Fsp3) is 0.588. The normalized spacial score (nSPS) is 21.9. The van der Waals surface area contributed by atoms with E-state index >= 15 is 0 Å². The summed E-state index contributed by atoms with van der Waals surface area (Å²) in [5.74, 6) is -0.966. The number of alkyl halides is 1. The highest BCUT2D eigenvalue weighted by atomic mass is 19.1. The van der Waals surface area contributed by atoms with Gasteiger partial charge in [0.15, 0.2) is 0 Å². The van der Waals surface area contributed by atoms with E-state index in [1.165, 1.54) is 66.4 Å². The first-order valence-corrected chi connectivity index (χ1v) is 15.5. The molecule has 3 aromatic rings. The lowest BCUT2D eigenvalue weighted by Crippen LogP contribution is -2.44. The summed E-state index contributed by atoms with van der Waals surface area (Å²) in [6.07, 6.45) is 9.58. The maximum Gasteiger partial charge on any atom is 0.128 e. The zero-order chi connectivity index (χ0) is 29.0. The Bertz CT molecular complexity index is 1260. The van der Waals surface area contributed by atoms with E-state index in [1.54, 1.807) is 13.8 Å². The van der Waals surface area contributed by atoms with Crippen molar-refractivity contribution in [1.82, 2.24) is 15.2 Å². The molecule has 0 radical (unpaired) electrons. The van der Waals surface area contributed by atoms with E-state index in [0.717, 1.165) is 58.1 Å². The number of H-pyrrole nitrogens is 1. The fourth-order valence-corrected chi connectivity index (χ4v) is 7.30. The largest absolute Gasteiger partial charge is 0.371 e. The van der Waals surface area contributed by atoms with Gasteiger partial charge in [-0.3, -0.25) is 4.90 Å². The highest BCUT2D eigenvalue weighted by molar-refractivity contribution is 5.84. The second kappa shape index (κ2) is 12.8. The lowest BCUT2D eigenvalue weighted by atomic mass is 9.72. The highest BCUT2D eigenvalue weighted by Gasteiger charge is 2.32. The van der Waals surface area contributed by atoms with E-state index in [0.29, 0.717) is 23.7 Å². The van der Waals surface area contributed by atoms with Crippen LogP contribution in [0.25, 0.3) is 10.9 Å². The first-order chi connectivity index (χ1) is 19.6. The SMILES string of the molecule is CC1Cc2c([nH]c3ccccc23)CN1CC(C)(C)F.Fc1cc(F)cc(N2CCCC3(CCCNCC3)CCC2)c1. The van der Waals surface area contributed by atoms with Gasteiger partial charge in [-0.25, -0.2) is 13.2 Å². The monoisotopic (exact) mass is 568 g/mol. The molecule has 1 atom stereocenters. The van der Waals surface area contributed by atoms with Gasteiger partial charge in [0.2, 0.25) is 0 Å². The van der Waals surface area contributed by atoms with Crippen molar-refractivity contribution in [3.8, 4) is 0 Å². The first kappa shape index (κ1) is 30.0. The Morgan fingerprint density at radius 2 is 1.61 bits per heavy atom. The number of halogens is 3. The number of hydrogen-bond acceptors (Lipinski definition) is 3. The quantitative estimate of drug-likeness (QED) is 0.339. The number of nitrogens with zero attached hydrogens (tertiary/aromatic N) is 2. The summed E-state index contributed by atoms with van der Waals surface area (Å²) < 4.78 is 40.7. The van der Waals surface area contributed by atoms with E-state index in [2.05, 4.69) is 51.3 Å². The lowest BCUT2D eigenvalue weighted by Gasteiger charge is -2.38. The van der Waals surface area contributed by atoms with Crippen LogP contribution in [0.4, 0.5) is 18.9 Å². The molecule has 1 spiro atoms. The average molecular weight is 569 g/mol. The number of fused-ring (bicyclic) bond motifs is 3. The molecule has 0 bridgehead atoms. The van der Waals surface area contributed by atoms with E-state index in [-0.39, 0.29) is 0 Å². The molecule has 2 fully saturated rings. The van der Waals surface area contributed by atoms with Crippen LogP contribution in [0.3, 0.4) is 0 Å². The molecule has 4 heterocycles. The molecular weight excluding hydrogens is 521 g/mol. The predicted octanol–water partition coefficient (Wildman–Crippen LogP) is 7.77. The topological polar surface area (TPSA) is 34.3 Å². The third kappa shape index (κ3) is 7.66. The molecule has 3 aliphatic heterocycles. The number of nitrogens with one attached hydrogen (secondary N) is 2. The predicted molar refractivity (Wildman–Crippen MR) is 163 cm³/mol. The number of aromatic amines is 1. The standard InChI is InChI=1S/C18H26F2N2.C16H21FN2/c19-15-12-16(20)14-17(13-15)22-10-2-5-18(6-3-11-22)4-1-8-21-9-7-18;1-11-8-13-12-6-4-5-7-14(12)18-15(13)9-19(11)10-16(2,3)17/h12-14,21H,1-11H2;4-7,11,18H,8-10H2,1-3H3. The van der Waals surface area contributed by atoms with Crippen LogP contribution < -0.4 is 10.2 Å². The van der Waals surface area contributed by atoms with Gasteiger partial charge in [-0.2, -0.15) is 0 Å². The minimum Gasteiger partial charge on any atom is -0.371 e. The van der Waals surface area contributed by atoms with Gasteiger partial charge in [0.1, 0.15) is 17.3 Å². The number of rotatable bonds is 3. The molecule has 3 aliphatic rings. The number of hydrogen-bond donors (Lipinski definition) is 2. The Morgan fingerprint density at radius 3 is 2.32 bits per heavy atom. The van der Waals surface area contributed by atoms with Crippen molar-refractivity contribution >= 4 is 16.6 Å². The molecule has 224 valence electrons. The van der Waals surface area contributed by atoms with Crippen molar-refractivity contribution in [3.63, 3.8) is 0 Å². The average Bonchev–Trinajstić information content (AvgIpc) is 3.07. The molecule has 0 saturated carbocycles. The lowest BCUT2D eigenvalue weighted by molar-refractivity contribution is 0.0853. The number of aromatic nitrogens is 1. The molecule has 41 heavy (non-hydrogen) atoms. The van der Waals surface area contributed by atoms with Gasteiger partial charge in [-0.1, -0.05) is 18.2 Å². The van der Waals surface area contributed by atoms with Crippen LogP contribution in [0, 0.1) is 17.0 Å². The second-order valence-corrected chi connectivity index (χ2v) is 13.2. The molecule has 0 aliphatic carbocycles. The fourth-order valence-electron chi connectivity index (χ4n) is 7.30. The summed E-state index contributed by atoms with van der Waals surface area (Å²) in [6.45, 7) is 10.9. The van der Waals surface area contributed by atoms with Crippen LogP contribution in [0.15, 0.2) is 42.5 Å². The van der Waals surface area contributed by atoms with Crippen molar-refractivity contribution in [2.75, 3.05) is 37.6 Å². The molecule has 2 saturated heterocycles. The minimum atomic E-state index is -1.14. The van der Waals surface area contributed by atoms with Crippen LogP contribution >= 0.6 is 0 Å².